The van der Waals surface area contributed by atoms with Crippen LogP contribution < -0.4 is 9.64 Å². The van der Waals surface area contributed by atoms with E-state index in [1.54, 1.807) is 0 Å². The zero-order valence-corrected chi connectivity index (χ0v) is 10.6. The van der Waals surface area contributed by atoms with E-state index in [9.17, 15) is 4.79 Å². The molecule has 4 heteroatoms. The molecule has 0 aromatic heterocycles. The van der Waals surface area contributed by atoms with Crippen molar-refractivity contribution in [1.82, 2.24) is 0 Å². The molecule has 3 rings (SSSR count). The highest BCUT2D eigenvalue weighted by molar-refractivity contribution is 6.01. The normalized spacial score (nSPS) is 19.4. The van der Waals surface area contributed by atoms with E-state index in [1.807, 2.05) is 13.0 Å². The highest BCUT2D eigenvalue weighted by atomic mass is 16.5. The minimum atomic E-state index is 0.189. The summed E-state index contributed by atoms with van der Waals surface area (Å²) < 4.78 is 11.1. The van der Waals surface area contributed by atoms with Crippen molar-refractivity contribution in [2.75, 3.05) is 37.8 Å². The Morgan fingerprint density at radius 2 is 1.94 bits per heavy atom. The third kappa shape index (κ3) is 1.97. The number of hydrogen-bond donors (Lipinski definition) is 0. The maximum atomic E-state index is 11.9. The van der Waals surface area contributed by atoms with Gasteiger partial charge in [-0.1, -0.05) is 0 Å². The average molecular weight is 247 g/mol. The van der Waals surface area contributed by atoms with Gasteiger partial charge in [0.05, 0.1) is 31.1 Å². The van der Waals surface area contributed by atoms with Gasteiger partial charge in [-0.15, -0.1) is 0 Å². The Morgan fingerprint density at radius 1 is 1.17 bits per heavy atom. The zero-order chi connectivity index (χ0) is 12.5. The minimum absolute atomic E-state index is 0.189. The van der Waals surface area contributed by atoms with Crippen LogP contribution in [0.15, 0.2) is 12.1 Å². The summed E-state index contributed by atoms with van der Waals surface area (Å²) in [6.07, 6.45) is 0.485. The lowest BCUT2D eigenvalue weighted by molar-refractivity contribution is 0.0933. The summed E-state index contributed by atoms with van der Waals surface area (Å²) >= 11 is 0. The van der Waals surface area contributed by atoms with Crippen LogP contribution in [-0.4, -0.2) is 38.7 Å². The first-order valence-corrected chi connectivity index (χ1v) is 6.39. The summed E-state index contributed by atoms with van der Waals surface area (Å²) in [6, 6.07) is 4.03. The summed E-state index contributed by atoms with van der Waals surface area (Å²) in [5.41, 5.74) is 2.89. The molecular formula is C14H17NO3. The van der Waals surface area contributed by atoms with Crippen molar-refractivity contribution >= 4 is 11.5 Å². The number of rotatable bonds is 1. The number of ether oxygens (including phenoxy) is 2. The summed E-state index contributed by atoms with van der Waals surface area (Å²) in [4.78, 5) is 14.2. The molecule has 2 heterocycles. The molecule has 0 saturated carbocycles. The number of hydrogen-bond acceptors (Lipinski definition) is 4. The van der Waals surface area contributed by atoms with Crippen molar-refractivity contribution in [2.45, 2.75) is 13.3 Å². The fourth-order valence-electron chi connectivity index (χ4n) is 2.53. The molecule has 0 amide bonds. The van der Waals surface area contributed by atoms with Crippen LogP contribution in [0.25, 0.3) is 0 Å². The van der Waals surface area contributed by atoms with Crippen LogP contribution in [0.2, 0.25) is 0 Å². The van der Waals surface area contributed by atoms with Crippen molar-refractivity contribution in [3.63, 3.8) is 0 Å². The van der Waals surface area contributed by atoms with E-state index in [0.717, 1.165) is 48.9 Å². The lowest BCUT2D eigenvalue weighted by atomic mass is 10.0. The lowest BCUT2D eigenvalue weighted by Gasteiger charge is -2.32. The number of Topliss-reactive ketones (excluding diaryl/α,β-unsaturated/α-hetero) is 1. The molecule has 0 bridgehead atoms. The van der Waals surface area contributed by atoms with Gasteiger partial charge in [0.25, 0.3) is 0 Å². The van der Waals surface area contributed by atoms with Gasteiger partial charge in [0.2, 0.25) is 0 Å². The number of carbonyl (C=O) groups excluding carboxylic acids is 1. The van der Waals surface area contributed by atoms with Crippen molar-refractivity contribution in [3.8, 4) is 5.75 Å². The van der Waals surface area contributed by atoms with E-state index in [-0.39, 0.29) is 5.78 Å². The van der Waals surface area contributed by atoms with E-state index >= 15 is 0 Å². The molecule has 0 atom stereocenters. The molecule has 0 unspecified atom stereocenters. The van der Waals surface area contributed by atoms with Crippen LogP contribution in [0.5, 0.6) is 5.75 Å². The van der Waals surface area contributed by atoms with Crippen LogP contribution in [0.4, 0.5) is 5.69 Å². The quantitative estimate of drug-likeness (QED) is 0.758. The Hall–Kier alpha value is -1.55. The minimum Gasteiger partial charge on any atom is -0.490 e. The molecule has 0 radical (unpaired) electrons. The Balaban J connectivity index is 2.05. The summed E-state index contributed by atoms with van der Waals surface area (Å²) in [7, 11) is 0. The smallest absolute Gasteiger partial charge is 0.170 e. The van der Waals surface area contributed by atoms with E-state index in [4.69, 9.17) is 9.47 Å². The number of aryl methyl sites for hydroxylation is 1. The van der Waals surface area contributed by atoms with Gasteiger partial charge in [-0.25, -0.2) is 0 Å². The molecule has 18 heavy (non-hydrogen) atoms. The van der Waals surface area contributed by atoms with Crippen LogP contribution in [0.3, 0.4) is 0 Å². The molecule has 0 aliphatic carbocycles. The number of anilines is 1. The largest absolute Gasteiger partial charge is 0.490 e. The SMILES string of the molecule is Cc1cc2c(c(N3CCOCC3)c1)OCCC2=O. The van der Waals surface area contributed by atoms with Crippen molar-refractivity contribution in [2.24, 2.45) is 0 Å². The Labute approximate surface area is 106 Å². The van der Waals surface area contributed by atoms with Crippen LogP contribution in [-0.2, 0) is 4.74 Å². The second-order valence-corrected chi connectivity index (χ2v) is 4.78. The van der Waals surface area contributed by atoms with E-state index in [0.29, 0.717) is 13.0 Å². The van der Waals surface area contributed by atoms with Crippen LogP contribution in [0, 0.1) is 6.92 Å². The van der Waals surface area contributed by atoms with E-state index < -0.39 is 0 Å². The number of ketones is 1. The third-order valence-corrected chi connectivity index (χ3v) is 3.44. The number of morpholine rings is 1. The predicted octanol–water partition coefficient (Wildman–Crippen LogP) is 1.80. The first-order valence-electron chi connectivity index (χ1n) is 6.39. The molecule has 0 spiro atoms. The summed E-state index contributed by atoms with van der Waals surface area (Å²) in [5.74, 6) is 0.952. The van der Waals surface area contributed by atoms with Gasteiger partial charge >= 0.3 is 0 Å². The first kappa shape index (κ1) is 11.5. The maximum absolute atomic E-state index is 11.9. The van der Waals surface area contributed by atoms with Gasteiger partial charge in [-0.2, -0.15) is 0 Å². The molecule has 96 valence electrons. The Morgan fingerprint density at radius 3 is 2.72 bits per heavy atom. The van der Waals surface area contributed by atoms with Crippen LogP contribution >= 0.6 is 0 Å². The van der Waals surface area contributed by atoms with Gasteiger partial charge in [0, 0.05) is 19.5 Å². The Kier molecular flexibility index (Phi) is 2.96. The van der Waals surface area contributed by atoms with Gasteiger partial charge < -0.3 is 14.4 Å². The Bertz CT molecular complexity index is 478. The number of nitrogens with zero attached hydrogens (tertiary/aromatic N) is 1. The van der Waals surface area contributed by atoms with Gasteiger partial charge in [0.1, 0.15) is 0 Å². The fraction of sp³-hybridized carbons (Fsp3) is 0.500. The molecule has 2 aliphatic rings. The molecule has 2 aliphatic heterocycles. The molecular weight excluding hydrogens is 230 g/mol. The van der Waals surface area contributed by atoms with Crippen molar-refractivity contribution in [1.29, 1.82) is 0 Å². The van der Waals surface area contributed by atoms with Gasteiger partial charge in [0.15, 0.2) is 11.5 Å². The fourth-order valence-corrected chi connectivity index (χ4v) is 2.53. The number of benzene rings is 1. The zero-order valence-electron chi connectivity index (χ0n) is 10.6. The highest BCUT2D eigenvalue weighted by Crippen LogP contribution is 2.37. The van der Waals surface area contributed by atoms with Gasteiger partial charge in [-0.05, 0) is 24.6 Å². The second kappa shape index (κ2) is 4.61. The number of fused-ring (bicyclic) bond motifs is 1. The van der Waals surface area contributed by atoms with Gasteiger partial charge in [-0.3, -0.25) is 4.79 Å². The van der Waals surface area contributed by atoms with Crippen LogP contribution in [0.1, 0.15) is 22.3 Å². The molecule has 1 aromatic carbocycles. The predicted molar refractivity (Wildman–Crippen MR) is 68.7 cm³/mol. The second-order valence-electron chi connectivity index (χ2n) is 4.78. The van der Waals surface area contributed by atoms with E-state index in [1.165, 1.54) is 0 Å². The molecule has 0 N–H and O–H groups in total. The molecule has 1 saturated heterocycles. The first-order chi connectivity index (χ1) is 8.75. The lowest BCUT2D eigenvalue weighted by Crippen LogP contribution is -2.37. The molecule has 4 nitrogen and oxygen atoms in total. The number of carbonyl (C=O) groups is 1. The monoisotopic (exact) mass is 247 g/mol. The van der Waals surface area contributed by atoms with Crippen molar-refractivity contribution < 1.29 is 14.3 Å². The standard InChI is InChI=1S/C14H17NO3/c1-10-8-11-13(16)2-5-18-14(11)12(9-10)15-3-6-17-7-4-15/h8-9H,2-7H2,1H3. The average Bonchev–Trinajstić information content (AvgIpc) is 2.40. The van der Waals surface area contributed by atoms with E-state index in [2.05, 4.69) is 11.0 Å². The molecule has 1 aromatic rings. The molecule has 1 fully saturated rings. The van der Waals surface area contributed by atoms with Crippen molar-refractivity contribution in [3.05, 3.63) is 23.3 Å². The summed E-state index contributed by atoms with van der Waals surface area (Å²) in [6.45, 7) is 5.69. The summed E-state index contributed by atoms with van der Waals surface area (Å²) in [5, 5.41) is 0. The third-order valence-electron chi connectivity index (χ3n) is 3.44. The highest BCUT2D eigenvalue weighted by Gasteiger charge is 2.25. The topological polar surface area (TPSA) is 38.8 Å². The maximum Gasteiger partial charge on any atom is 0.170 e.